The summed E-state index contributed by atoms with van der Waals surface area (Å²) < 4.78 is 11.6. The second kappa shape index (κ2) is 13.9. The molecule has 0 radical (unpaired) electrons. The van der Waals surface area contributed by atoms with Gasteiger partial charge in [0.05, 0.1) is 36.9 Å². The van der Waals surface area contributed by atoms with E-state index in [2.05, 4.69) is 16.0 Å². The van der Waals surface area contributed by atoms with Crippen molar-refractivity contribution in [3.8, 4) is 5.75 Å². The Balaban J connectivity index is 1.25. The number of Topliss-reactive ketones (excluding diaryl/α,β-unsaturated/α-hetero) is 1. The van der Waals surface area contributed by atoms with Gasteiger partial charge < -0.3 is 24.2 Å². The number of carbonyl (C=O) groups excluding carboxylic acids is 3. The molecule has 0 unspecified atom stereocenters. The van der Waals surface area contributed by atoms with Crippen LogP contribution in [0.3, 0.4) is 0 Å². The topological polar surface area (TPSA) is 95.5 Å². The first-order valence-electron chi connectivity index (χ1n) is 15.8. The van der Waals surface area contributed by atoms with Crippen LogP contribution in [0.5, 0.6) is 5.75 Å². The highest BCUT2D eigenvalue weighted by Crippen LogP contribution is 2.35. The minimum absolute atomic E-state index is 0.0314. The number of aryl methyl sites for hydroxylation is 1. The lowest BCUT2D eigenvalue weighted by Crippen LogP contribution is -2.43. The van der Waals surface area contributed by atoms with E-state index in [1.807, 2.05) is 68.0 Å². The predicted molar refractivity (Wildman–Crippen MR) is 172 cm³/mol. The van der Waals surface area contributed by atoms with Crippen LogP contribution in [0, 0.1) is 5.41 Å². The first-order valence-corrected chi connectivity index (χ1v) is 15.8. The van der Waals surface area contributed by atoms with Crippen molar-refractivity contribution >= 4 is 23.3 Å². The summed E-state index contributed by atoms with van der Waals surface area (Å²) in [6, 6.07) is 9.97. The van der Waals surface area contributed by atoms with Crippen molar-refractivity contribution in [3.63, 3.8) is 0 Å². The first kappa shape index (κ1) is 32.2. The zero-order chi connectivity index (χ0) is 32.1. The highest BCUT2D eigenvalue weighted by Gasteiger charge is 2.42. The summed E-state index contributed by atoms with van der Waals surface area (Å²) in [4.78, 5) is 51.6. The van der Waals surface area contributed by atoms with Gasteiger partial charge in [0.1, 0.15) is 17.2 Å². The summed E-state index contributed by atoms with van der Waals surface area (Å²) in [6.07, 6.45) is 7.63. The molecule has 3 aliphatic rings. The molecule has 0 saturated carbocycles. The fourth-order valence-corrected chi connectivity index (χ4v) is 6.48. The third kappa shape index (κ3) is 7.22. The molecule has 1 aromatic heterocycles. The molecule has 45 heavy (non-hydrogen) atoms. The second-order valence-electron chi connectivity index (χ2n) is 12.6. The Morgan fingerprint density at radius 2 is 1.80 bits per heavy atom. The average Bonchev–Trinajstić information content (AvgIpc) is 3.10. The quantitative estimate of drug-likeness (QED) is 0.329. The zero-order valence-electron chi connectivity index (χ0n) is 27.2. The molecule has 10 heteroatoms. The molecule has 0 saturated heterocycles. The number of pyridine rings is 1. The van der Waals surface area contributed by atoms with E-state index >= 15 is 0 Å². The Bertz CT molecular complexity index is 1480. The SMILES string of the molecule is CCN1C(=O)C(C)(C)CN(C)C2=C1C(=O)CC(OCCCN(CCN1C(=O)CCc3ccc(OC)cc31)Cc1ccncc1)=C2. The van der Waals surface area contributed by atoms with Gasteiger partial charge in [0, 0.05) is 77.3 Å². The fraction of sp³-hybridized carbons (Fsp3) is 0.486. The third-order valence-electron chi connectivity index (χ3n) is 8.79. The lowest BCUT2D eigenvalue weighted by Gasteiger charge is -2.32. The summed E-state index contributed by atoms with van der Waals surface area (Å²) in [6.45, 7) is 9.87. The number of carbonyl (C=O) groups is 3. The molecule has 1 aromatic carbocycles. The van der Waals surface area contributed by atoms with E-state index in [9.17, 15) is 14.4 Å². The normalized spacial score (nSPS) is 18.1. The van der Waals surface area contributed by atoms with Crippen LogP contribution in [-0.2, 0) is 32.1 Å². The monoisotopic (exact) mass is 615 g/mol. The molecule has 0 N–H and O–H groups in total. The van der Waals surface area contributed by atoms with Crippen LogP contribution in [-0.4, -0.2) is 90.8 Å². The number of allylic oxidation sites excluding steroid dienone is 3. The summed E-state index contributed by atoms with van der Waals surface area (Å²) in [5, 5.41) is 0. The third-order valence-corrected chi connectivity index (χ3v) is 8.79. The van der Waals surface area contributed by atoms with Gasteiger partial charge >= 0.3 is 0 Å². The number of fused-ring (bicyclic) bond motifs is 1. The van der Waals surface area contributed by atoms with Crippen LogP contribution in [0.4, 0.5) is 5.69 Å². The number of amides is 2. The molecular weight excluding hydrogens is 570 g/mol. The number of benzene rings is 1. The molecule has 0 bridgehead atoms. The van der Waals surface area contributed by atoms with Crippen molar-refractivity contribution < 1.29 is 23.9 Å². The van der Waals surface area contributed by atoms with Gasteiger partial charge in [-0.1, -0.05) is 6.07 Å². The maximum Gasteiger partial charge on any atom is 0.234 e. The molecule has 2 aromatic rings. The number of aromatic nitrogens is 1. The number of methoxy groups -OCH3 is 1. The average molecular weight is 616 g/mol. The Kier molecular flexibility index (Phi) is 9.92. The number of hydrogen-bond acceptors (Lipinski definition) is 8. The standard InChI is InChI=1S/C35H45N5O5/c1-6-39-33-30(37(4)24-35(2,3)34(39)43)21-28(22-31(33)41)45-19-7-16-38(23-25-12-14-36-15-13-25)17-18-40-29-20-27(44-5)10-8-26(29)9-11-32(40)42/h8,10,12-15,20-21H,6-7,9,11,16-19,22-24H2,1-5H3. The highest BCUT2D eigenvalue weighted by atomic mass is 16.5. The zero-order valence-corrected chi connectivity index (χ0v) is 27.2. The Hall–Kier alpha value is -4.18. The summed E-state index contributed by atoms with van der Waals surface area (Å²) in [7, 11) is 3.56. The van der Waals surface area contributed by atoms with Crippen LogP contribution in [0.1, 0.15) is 51.2 Å². The largest absolute Gasteiger partial charge is 0.497 e. The molecule has 0 atom stereocenters. The molecular formula is C35H45N5O5. The van der Waals surface area contributed by atoms with E-state index in [4.69, 9.17) is 9.47 Å². The van der Waals surface area contributed by atoms with Gasteiger partial charge in [-0.3, -0.25) is 24.3 Å². The van der Waals surface area contributed by atoms with Crippen molar-refractivity contribution in [2.45, 2.75) is 53.0 Å². The Labute approximate surface area is 266 Å². The summed E-state index contributed by atoms with van der Waals surface area (Å²) in [5.41, 5.74) is 3.83. The second-order valence-corrected chi connectivity index (χ2v) is 12.6. The van der Waals surface area contributed by atoms with E-state index in [1.54, 1.807) is 24.4 Å². The molecule has 2 aliphatic heterocycles. The summed E-state index contributed by atoms with van der Waals surface area (Å²) >= 11 is 0. The predicted octanol–water partition coefficient (Wildman–Crippen LogP) is 4.17. The minimum Gasteiger partial charge on any atom is -0.497 e. The van der Waals surface area contributed by atoms with Crippen LogP contribution >= 0.6 is 0 Å². The Morgan fingerprint density at radius 1 is 1.02 bits per heavy atom. The number of rotatable bonds is 12. The number of likely N-dealkylation sites (N-methyl/N-ethyl adjacent to an activating group) is 2. The van der Waals surface area contributed by atoms with Gasteiger partial charge in [-0.2, -0.15) is 0 Å². The highest BCUT2D eigenvalue weighted by molar-refractivity contribution is 6.03. The Morgan fingerprint density at radius 3 is 2.53 bits per heavy atom. The molecule has 0 fully saturated rings. The van der Waals surface area contributed by atoms with Crippen molar-refractivity contribution in [1.29, 1.82) is 0 Å². The smallest absolute Gasteiger partial charge is 0.234 e. The number of ether oxygens (including phenoxy) is 2. The van der Waals surface area contributed by atoms with Gasteiger partial charge in [-0.05, 0) is 62.9 Å². The fourth-order valence-electron chi connectivity index (χ4n) is 6.48. The number of ketones is 1. The van der Waals surface area contributed by atoms with Crippen LogP contribution < -0.4 is 9.64 Å². The van der Waals surface area contributed by atoms with E-state index in [1.165, 1.54) is 0 Å². The molecule has 10 nitrogen and oxygen atoms in total. The van der Waals surface area contributed by atoms with Crippen LogP contribution in [0.15, 0.2) is 66.0 Å². The van der Waals surface area contributed by atoms with Crippen LogP contribution in [0.2, 0.25) is 0 Å². The van der Waals surface area contributed by atoms with Crippen molar-refractivity contribution in [1.82, 2.24) is 19.7 Å². The molecule has 240 valence electrons. The summed E-state index contributed by atoms with van der Waals surface area (Å²) in [5.74, 6) is 1.37. The van der Waals surface area contributed by atoms with Crippen molar-refractivity contribution in [2.75, 3.05) is 58.4 Å². The van der Waals surface area contributed by atoms with E-state index in [0.717, 1.165) is 47.6 Å². The first-order chi connectivity index (χ1) is 21.6. The van der Waals surface area contributed by atoms with E-state index < -0.39 is 5.41 Å². The van der Waals surface area contributed by atoms with Gasteiger partial charge in [-0.15, -0.1) is 0 Å². The van der Waals surface area contributed by atoms with Crippen molar-refractivity contribution in [2.24, 2.45) is 5.41 Å². The van der Waals surface area contributed by atoms with Gasteiger partial charge in [0.15, 0.2) is 5.78 Å². The maximum absolute atomic E-state index is 13.3. The van der Waals surface area contributed by atoms with E-state index in [-0.39, 0.29) is 24.0 Å². The van der Waals surface area contributed by atoms with Gasteiger partial charge in [0.2, 0.25) is 11.8 Å². The molecule has 0 spiro atoms. The maximum atomic E-state index is 13.3. The van der Waals surface area contributed by atoms with Gasteiger partial charge in [0.25, 0.3) is 0 Å². The number of nitrogens with zero attached hydrogens (tertiary/aromatic N) is 5. The molecule has 1 aliphatic carbocycles. The number of anilines is 1. The lowest BCUT2D eigenvalue weighted by atomic mass is 9.91. The minimum atomic E-state index is -0.609. The molecule has 5 rings (SSSR count). The van der Waals surface area contributed by atoms with Crippen LogP contribution in [0.25, 0.3) is 0 Å². The molecule has 3 heterocycles. The molecule has 2 amide bonds. The lowest BCUT2D eigenvalue weighted by molar-refractivity contribution is -0.139. The number of hydrogen-bond donors (Lipinski definition) is 0. The van der Waals surface area contributed by atoms with E-state index in [0.29, 0.717) is 57.2 Å². The van der Waals surface area contributed by atoms with Gasteiger partial charge in [-0.25, -0.2) is 0 Å². The van der Waals surface area contributed by atoms with Crippen molar-refractivity contribution in [3.05, 3.63) is 77.1 Å².